The van der Waals surface area contributed by atoms with Crippen molar-refractivity contribution in [1.29, 1.82) is 0 Å². The van der Waals surface area contributed by atoms with E-state index in [1.165, 1.54) is 55.3 Å². The zero-order chi connectivity index (χ0) is 39.8. The van der Waals surface area contributed by atoms with E-state index in [-0.39, 0.29) is 0 Å². The lowest BCUT2D eigenvalue weighted by molar-refractivity contribution is 0.669. The van der Waals surface area contributed by atoms with Crippen molar-refractivity contribution in [3.63, 3.8) is 0 Å². The van der Waals surface area contributed by atoms with Crippen LogP contribution in [0.3, 0.4) is 0 Å². The summed E-state index contributed by atoms with van der Waals surface area (Å²) < 4.78 is 6.38. The highest BCUT2D eigenvalue weighted by Gasteiger charge is 2.19. The standard InChI is InChI=1S/C58H39NO/c1-2-12-40(13-3-1)42-22-24-43(25-23-42)44-28-33-49(34-29-44)59(56-20-10-8-18-53(56)48-32-37-55-54-19-9-11-21-57(54)60-58(55)39-48)50-35-30-45(31-36-50)51-16-6-7-17-52(51)47-27-26-41-14-4-5-15-46(41)38-47/h1-39H. The Kier molecular flexibility index (Phi) is 8.87. The predicted molar refractivity (Wildman–Crippen MR) is 253 cm³/mol. The lowest BCUT2D eigenvalue weighted by Gasteiger charge is -2.28. The van der Waals surface area contributed by atoms with Crippen molar-refractivity contribution < 1.29 is 4.42 Å². The molecule has 0 aliphatic carbocycles. The van der Waals surface area contributed by atoms with E-state index in [0.29, 0.717) is 0 Å². The molecule has 2 heteroatoms. The number of furan rings is 1. The van der Waals surface area contributed by atoms with Crippen LogP contribution in [0.2, 0.25) is 0 Å². The van der Waals surface area contributed by atoms with Gasteiger partial charge in [0.25, 0.3) is 0 Å². The summed E-state index contributed by atoms with van der Waals surface area (Å²) in [7, 11) is 0. The molecular formula is C58H39NO. The van der Waals surface area contributed by atoms with Crippen LogP contribution in [0.4, 0.5) is 17.1 Å². The van der Waals surface area contributed by atoms with Crippen LogP contribution in [-0.2, 0) is 0 Å². The Morgan fingerprint density at radius 2 is 0.733 bits per heavy atom. The quantitative estimate of drug-likeness (QED) is 0.153. The number of fused-ring (bicyclic) bond motifs is 4. The second-order valence-electron chi connectivity index (χ2n) is 15.3. The van der Waals surface area contributed by atoms with Gasteiger partial charge in [-0.1, -0.05) is 182 Å². The molecule has 0 saturated carbocycles. The van der Waals surface area contributed by atoms with Gasteiger partial charge in [0.2, 0.25) is 0 Å². The van der Waals surface area contributed by atoms with Gasteiger partial charge < -0.3 is 9.32 Å². The van der Waals surface area contributed by atoms with Crippen LogP contribution < -0.4 is 4.90 Å². The lowest BCUT2D eigenvalue weighted by Crippen LogP contribution is -2.11. The summed E-state index contributed by atoms with van der Waals surface area (Å²) in [6.07, 6.45) is 0. The van der Waals surface area contributed by atoms with Crippen LogP contribution in [-0.4, -0.2) is 0 Å². The molecule has 0 spiro atoms. The maximum atomic E-state index is 6.38. The summed E-state index contributed by atoms with van der Waals surface area (Å²) in [5.74, 6) is 0. The molecule has 0 radical (unpaired) electrons. The third kappa shape index (κ3) is 6.51. The Labute approximate surface area is 349 Å². The normalized spacial score (nSPS) is 11.3. The van der Waals surface area contributed by atoms with Gasteiger partial charge in [-0.3, -0.25) is 0 Å². The van der Waals surface area contributed by atoms with Gasteiger partial charge in [-0.2, -0.15) is 0 Å². The first-order valence-corrected chi connectivity index (χ1v) is 20.5. The fraction of sp³-hybridized carbons (Fsp3) is 0. The molecule has 0 bridgehead atoms. The Bertz CT molecular complexity index is 3290. The second kappa shape index (κ2) is 15.1. The Morgan fingerprint density at radius 3 is 1.45 bits per heavy atom. The number of hydrogen-bond donors (Lipinski definition) is 0. The lowest BCUT2D eigenvalue weighted by atomic mass is 9.93. The van der Waals surface area contributed by atoms with Crippen LogP contribution in [0.25, 0.3) is 88.3 Å². The minimum atomic E-state index is 0.882. The molecule has 11 rings (SSSR count). The van der Waals surface area contributed by atoms with E-state index in [1.807, 2.05) is 12.1 Å². The highest BCUT2D eigenvalue weighted by atomic mass is 16.3. The minimum absolute atomic E-state index is 0.882. The fourth-order valence-electron chi connectivity index (χ4n) is 8.66. The van der Waals surface area contributed by atoms with Crippen molar-refractivity contribution in [1.82, 2.24) is 0 Å². The zero-order valence-corrected chi connectivity index (χ0v) is 32.9. The van der Waals surface area contributed by atoms with Crippen LogP contribution in [0.5, 0.6) is 0 Å². The Balaban J connectivity index is 1.000. The molecule has 60 heavy (non-hydrogen) atoms. The van der Waals surface area contributed by atoms with Gasteiger partial charge in [-0.25, -0.2) is 0 Å². The van der Waals surface area contributed by atoms with Gasteiger partial charge in [0.15, 0.2) is 0 Å². The molecule has 1 heterocycles. The average molecular weight is 766 g/mol. The molecule has 0 fully saturated rings. The van der Waals surface area contributed by atoms with E-state index in [9.17, 15) is 0 Å². The molecule has 0 aliphatic heterocycles. The van der Waals surface area contributed by atoms with Crippen LogP contribution in [0, 0.1) is 0 Å². The molecule has 2 nitrogen and oxygen atoms in total. The first-order chi connectivity index (χ1) is 29.7. The third-order valence-electron chi connectivity index (χ3n) is 11.7. The number of rotatable bonds is 8. The van der Waals surface area contributed by atoms with Crippen LogP contribution in [0.15, 0.2) is 241 Å². The summed E-state index contributed by atoms with van der Waals surface area (Å²) in [5.41, 5.74) is 16.8. The van der Waals surface area contributed by atoms with E-state index in [4.69, 9.17) is 4.42 Å². The van der Waals surface area contributed by atoms with E-state index < -0.39 is 0 Å². The van der Waals surface area contributed by atoms with Crippen LogP contribution in [0.1, 0.15) is 0 Å². The average Bonchev–Trinajstić information content (AvgIpc) is 3.70. The molecule has 1 aromatic heterocycles. The molecule has 0 N–H and O–H groups in total. The summed E-state index contributed by atoms with van der Waals surface area (Å²) in [5, 5.41) is 4.74. The first-order valence-electron chi connectivity index (χ1n) is 20.5. The largest absolute Gasteiger partial charge is 0.456 e. The minimum Gasteiger partial charge on any atom is -0.456 e. The topological polar surface area (TPSA) is 16.4 Å². The predicted octanol–water partition coefficient (Wildman–Crippen LogP) is 16.5. The maximum absolute atomic E-state index is 6.38. The van der Waals surface area contributed by atoms with Crippen molar-refractivity contribution in [2.45, 2.75) is 0 Å². The van der Waals surface area contributed by atoms with Crippen molar-refractivity contribution in [3.8, 4) is 55.6 Å². The second-order valence-corrected chi connectivity index (χ2v) is 15.3. The van der Waals surface area contributed by atoms with Crippen molar-refractivity contribution in [3.05, 3.63) is 237 Å². The van der Waals surface area contributed by atoms with Gasteiger partial charge >= 0.3 is 0 Å². The van der Waals surface area contributed by atoms with Crippen molar-refractivity contribution in [2.75, 3.05) is 4.90 Å². The first kappa shape index (κ1) is 35.2. The summed E-state index contributed by atoms with van der Waals surface area (Å²) >= 11 is 0. The van der Waals surface area contributed by atoms with E-state index in [2.05, 4.69) is 229 Å². The third-order valence-corrected chi connectivity index (χ3v) is 11.7. The zero-order valence-electron chi connectivity index (χ0n) is 32.9. The van der Waals surface area contributed by atoms with E-state index in [0.717, 1.165) is 50.1 Å². The molecule has 0 aliphatic rings. The number of anilines is 3. The van der Waals surface area contributed by atoms with Crippen molar-refractivity contribution >= 4 is 49.8 Å². The smallest absolute Gasteiger partial charge is 0.136 e. The fourth-order valence-corrected chi connectivity index (χ4v) is 8.66. The number of hydrogen-bond acceptors (Lipinski definition) is 2. The molecule has 0 atom stereocenters. The monoisotopic (exact) mass is 765 g/mol. The summed E-state index contributed by atoms with van der Waals surface area (Å²) in [6.45, 7) is 0. The summed E-state index contributed by atoms with van der Waals surface area (Å²) in [4.78, 5) is 2.37. The van der Waals surface area contributed by atoms with Gasteiger partial charge in [0.1, 0.15) is 11.2 Å². The van der Waals surface area contributed by atoms with Gasteiger partial charge in [0.05, 0.1) is 5.69 Å². The van der Waals surface area contributed by atoms with E-state index in [1.54, 1.807) is 0 Å². The number of para-hydroxylation sites is 2. The molecule has 0 saturated heterocycles. The van der Waals surface area contributed by atoms with E-state index >= 15 is 0 Å². The highest BCUT2D eigenvalue weighted by molar-refractivity contribution is 6.06. The number of benzene rings is 10. The Morgan fingerprint density at radius 1 is 0.267 bits per heavy atom. The molecule has 10 aromatic carbocycles. The summed E-state index contributed by atoms with van der Waals surface area (Å²) in [6, 6.07) is 84.9. The van der Waals surface area contributed by atoms with Gasteiger partial charge in [-0.15, -0.1) is 0 Å². The van der Waals surface area contributed by atoms with Crippen molar-refractivity contribution in [2.24, 2.45) is 0 Å². The number of nitrogens with zero attached hydrogens (tertiary/aromatic N) is 1. The maximum Gasteiger partial charge on any atom is 0.136 e. The van der Waals surface area contributed by atoms with Crippen LogP contribution >= 0.6 is 0 Å². The SMILES string of the molecule is c1ccc(-c2ccc(-c3ccc(N(c4ccc(-c5ccccc5-c5ccc6ccccc6c5)cc4)c4ccccc4-c4ccc5c(c4)oc4ccccc45)cc3)cc2)cc1. The van der Waals surface area contributed by atoms with Gasteiger partial charge in [-0.05, 0) is 115 Å². The van der Waals surface area contributed by atoms with Gasteiger partial charge in [0, 0.05) is 27.7 Å². The molecule has 282 valence electrons. The highest BCUT2D eigenvalue weighted by Crippen LogP contribution is 2.44. The molecular weight excluding hydrogens is 727 g/mol. The molecule has 11 aromatic rings. The molecule has 0 unspecified atom stereocenters. The molecule has 0 amide bonds. The Hall–Kier alpha value is -7.94.